The van der Waals surface area contributed by atoms with E-state index in [0.717, 1.165) is 10.1 Å². The maximum atomic E-state index is 12.4. The Morgan fingerprint density at radius 3 is 2.44 bits per heavy atom. The molecule has 0 saturated heterocycles. The fourth-order valence-corrected chi connectivity index (χ4v) is 4.28. The van der Waals surface area contributed by atoms with Gasteiger partial charge < -0.3 is 5.32 Å². The zero-order chi connectivity index (χ0) is 19.6. The molecule has 3 rings (SSSR count). The molecular weight excluding hydrogens is 406 g/mol. The third-order valence-corrected chi connectivity index (χ3v) is 6.21. The van der Waals surface area contributed by atoms with Crippen LogP contribution in [0.25, 0.3) is 16.2 Å². The molecule has 3 aromatic rings. The lowest BCUT2D eigenvalue weighted by atomic mass is 10.2. The van der Waals surface area contributed by atoms with Crippen LogP contribution in [0.4, 0.5) is 5.69 Å². The van der Waals surface area contributed by atoms with Crippen LogP contribution in [0.2, 0.25) is 5.02 Å². The van der Waals surface area contributed by atoms with Crippen molar-refractivity contribution in [3.8, 4) is 6.07 Å². The van der Waals surface area contributed by atoms with Crippen molar-refractivity contribution in [2.75, 3.05) is 5.32 Å². The van der Waals surface area contributed by atoms with Crippen molar-refractivity contribution in [3.05, 3.63) is 64.0 Å². The summed E-state index contributed by atoms with van der Waals surface area (Å²) in [6.45, 7) is 0. The van der Waals surface area contributed by atoms with Crippen molar-refractivity contribution in [2.24, 2.45) is 5.14 Å². The molecule has 136 valence electrons. The van der Waals surface area contributed by atoms with Gasteiger partial charge in [-0.25, -0.2) is 13.6 Å². The third-order valence-electron chi connectivity index (χ3n) is 3.64. The first-order valence-electron chi connectivity index (χ1n) is 7.52. The summed E-state index contributed by atoms with van der Waals surface area (Å²) < 4.78 is 23.5. The molecule has 1 amide bonds. The maximum Gasteiger partial charge on any atom is 0.266 e. The van der Waals surface area contributed by atoms with E-state index in [1.807, 2.05) is 30.3 Å². The summed E-state index contributed by atoms with van der Waals surface area (Å²) in [7, 11) is -3.82. The Balaban J connectivity index is 1.86. The van der Waals surface area contributed by atoms with Gasteiger partial charge in [0.25, 0.3) is 5.91 Å². The van der Waals surface area contributed by atoms with Crippen molar-refractivity contribution in [1.29, 1.82) is 5.26 Å². The lowest BCUT2D eigenvalue weighted by Gasteiger charge is -2.05. The van der Waals surface area contributed by atoms with E-state index in [1.54, 1.807) is 0 Å². The van der Waals surface area contributed by atoms with Crippen LogP contribution in [-0.4, -0.2) is 14.3 Å². The van der Waals surface area contributed by atoms with Crippen LogP contribution in [0.5, 0.6) is 0 Å². The van der Waals surface area contributed by atoms with E-state index in [1.165, 1.54) is 41.7 Å². The predicted octanol–water partition coefficient (Wildman–Crippen LogP) is 3.75. The molecule has 0 aliphatic rings. The molecule has 6 nitrogen and oxygen atoms in total. The fourth-order valence-electron chi connectivity index (χ4n) is 2.33. The highest BCUT2D eigenvalue weighted by Gasteiger charge is 2.14. The Kier molecular flexibility index (Phi) is 5.30. The lowest BCUT2D eigenvalue weighted by molar-refractivity contribution is -0.112. The molecule has 1 aromatic heterocycles. The summed E-state index contributed by atoms with van der Waals surface area (Å²) in [6, 6.07) is 14.7. The molecule has 0 aliphatic heterocycles. The standard InChI is InChI=1S/C18H12ClN3O3S2/c19-17-14-3-1-2-4-15(14)26-16(17)9-11(10-20)18(23)22-12-5-7-13(8-6-12)27(21,24)25/h1-9H,(H,22,23)(H2,21,24,25). The predicted molar refractivity (Wildman–Crippen MR) is 107 cm³/mol. The van der Waals surface area contributed by atoms with Crippen LogP contribution >= 0.6 is 22.9 Å². The average Bonchev–Trinajstić information content (AvgIpc) is 2.95. The molecule has 0 unspecified atom stereocenters. The number of benzene rings is 2. The molecule has 0 spiro atoms. The van der Waals surface area contributed by atoms with E-state index < -0.39 is 15.9 Å². The minimum Gasteiger partial charge on any atom is -0.321 e. The molecule has 0 bridgehead atoms. The molecule has 1 heterocycles. The Morgan fingerprint density at radius 2 is 1.85 bits per heavy atom. The van der Waals surface area contributed by atoms with Gasteiger partial charge in [-0.2, -0.15) is 5.26 Å². The van der Waals surface area contributed by atoms with Crippen LogP contribution in [0.3, 0.4) is 0 Å². The Hall–Kier alpha value is -2.70. The van der Waals surface area contributed by atoms with Crippen molar-refractivity contribution in [2.45, 2.75) is 4.90 Å². The van der Waals surface area contributed by atoms with E-state index in [9.17, 15) is 18.5 Å². The summed E-state index contributed by atoms with van der Waals surface area (Å²) >= 11 is 7.72. The number of fused-ring (bicyclic) bond motifs is 1. The molecule has 9 heteroatoms. The second kappa shape index (κ2) is 7.50. The number of carbonyl (C=O) groups excluding carboxylic acids is 1. The number of hydrogen-bond acceptors (Lipinski definition) is 5. The Bertz CT molecular complexity index is 1210. The number of nitrogens with one attached hydrogen (secondary N) is 1. The Morgan fingerprint density at radius 1 is 1.19 bits per heavy atom. The van der Waals surface area contributed by atoms with Gasteiger partial charge in [0.2, 0.25) is 10.0 Å². The minimum atomic E-state index is -3.82. The van der Waals surface area contributed by atoms with E-state index in [2.05, 4.69) is 5.32 Å². The zero-order valence-corrected chi connectivity index (χ0v) is 16.0. The van der Waals surface area contributed by atoms with Crippen molar-refractivity contribution in [3.63, 3.8) is 0 Å². The molecular formula is C18H12ClN3O3S2. The molecule has 0 radical (unpaired) electrons. The fraction of sp³-hybridized carbons (Fsp3) is 0. The maximum absolute atomic E-state index is 12.4. The van der Waals surface area contributed by atoms with Crippen LogP contribution in [-0.2, 0) is 14.8 Å². The van der Waals surface area contributed by atoms with Crippen molar-refractivity contribution >= 4 is 60.7 Å². The first kappa shape index (κ1) is 19.1. The highest BCUT2D eigenvalue weighted by molar-refractivity contribution is 7.89. The van der Waals surface area contributed by atoms with Gasteiger partial charge in [-0.1, -0.05) is 29.8 Å². The number of rotatable bonds is 4. The first-order valence-corrected chi connectivity index (χ1v) is 10.3. The summed E-state index contributed by atoms with van der Waals surface area (Å²) in [4.78, 5) is 12.9. The zero-order valence-electron chi connectivity index (χ0n) is 13.6. The molecule has 3 N–H and O–H groups in total. The lowest BCUT2D eigenvalue weighted by Crippen LogP contribution is -2.14. The number of hydrogen-bond donors (Lipinski definition) is 2. The van der Waals surface area contributed by atoms with E-state index in [4.69, 9.17) is 16.7 Å². The van der Waals surface area contributed by atoms with E-state index in [-0.39, 0.29) is 10.5 Å². The van der Waals surface area contributed by atoms with E-state index in [0.29, 0.717) is 15.6 Å². The first-order chi connectivity index (χ1) is 12.8. The number of sulfonamides is 1. The molecule has 2 aromatic carbocycles. The number of thiophene rings is 1. The van der Waals surface area contributed by atoms with Gasteiger partial charge in [0.05, 0.1) is 9.92 Å². The number of amides is 1. The van der Waals surface area contributed by atoms with Gasteiger partial charge in [0.15, 0.2) is 0 Å². The highest BCUT2D eigenvalue weighted by atomic mass is 35.5. The number of primary sulfonamides is 1. The average molecular weight is 418 g/mol. The number of nitrogens with zero attached hydrogens (tertiary/aromatic N) is 1. The summed E-state index contributed by atoms with van der Waals surface area (Å²) in [5.74, 6) is -0.630. The molecule has 0 aliphatic carbocycles. The van der Waals surface area contributed by atoms with Crippen molar-refractivity contribution in [1.82, 2.24) is 0 Å². The van der Waals surface area contributed by atoms with Crippen LogP contribution in [0.15, 0.2) is 59.0 Å². The van der Waals surface area contributed by atoms with Gasteiger partial charge in [-0.3, -0.25) is 4.79 Å². The van der Waals surface area contributed by atoms with Gasteiger partial charge >= 0.3 is 0 Å². The number of carbonyl (C=O) groups is 1. The van der Waals surface area contributed by atoms with Crippen molar-refractivity contribution < 1.29 is 13.2 Å². The Labute approximate surface area is 164 Å². The van der Waals surface area contributed by atoms with Crippen LogP contribution < -0.4 is 10.5 Å². The topological polar surface area (TPSA) is 113 Å². The molecule has 0 atom stereocenters. The van der Waals surface area contributed by atoms with Gasteiger partial charge in [-0.15, -0.1) is 11.3 Å². The van der Waals surface area contributed by atoms with Gasteiger partial charge in [-0.05, 0) is 36.4 Å². The highest BCUT2D eigenvalue weighted by Crippen LogP contribution is 2.36. The number of nitrogens with two attached hydrogens (primary N) is 1. The normalized spacial score (nSPS) is 12.0. The second-order valence-corrected chi connectivity index (χ2v) is 8.49. The van der Waals surface area contributed by atoms with Gasteiger partial charge in [0, 0.05) is 20.7 Å². The van der Waals surface area contributed by atoms with Gasteiger partial charge in [0.1, 0.15) is 11.6 Å². The number of nitriles is 1. The van der Waals surface area contributed by atoms with Crippen LogP contribution in [0, 0.1) is 11.3 Å². The number of halogens is 1. The SMILES string of the molecule is N#CC(=Cc1sc2ccccc2c1Cl)C(=O)Nc1ccc(S(N)(=O)=O)cc1. The second-order valence-electron chi connectivity index (χ2n) is 5.47. The summed E-state index contributed by atoms with van der Waals surface area (Å²) in [6.07, 6.45) is 1.43. The summed E-state index contributed by atoms with van der Waals surface area (Å²) in [5.41, 5.74) is 0.204. The molecule has 0 fully saturated rings. The van der Waals surface area contributed by atoms with E-state index >= 15 is 0 Å². The minimum absolute atomic E-state index is 0.0754. The monoisotopic (exact) mass is 417 g/mol. The quantitative estimate of drug-likeness (QED) is 0.497. The summed E-state index contributed by atoms with van der Waals surface area (Å²) in [5, 5.41) is 18.2. The molecule has 0 saturated carbocycles. The third kappa shape index (κ3) is 4.18. The smallest absolute Gasteiger partial charge is 0.266 e. The van der Waals surface area contributed by atoms with Crippen LogP contribution in [0.1, 0.15) is 4.88 Å². The largest absolute Gasteiger partial charge is 0.321 e. The molecule has 27 heavy (non-hydrogen) atoms. The number of anilines is 1.